The Morgan fingerprint density at radius 1 is 1.28 bits per heavy atom. The van der Waals surface area contributed by atoms with E-state index in [0.29, 0.717) is 6.54 Å². The van der Waals surface area contributed by atoms with Gasteiger partial charge in [-0.25, -0.2) is 0 Å². The number of likely N-dealkylation sites (tertiary alicyclic amines) is 1. The first-order valence-corrected chi connectivity index (χ1v) is 9.75. The van der Waals surface area contributed by atoms with Crippen LogP contribution in [0.2, 0.25) is 0 Å². The number of nitrogens with zero attached hydrogens (tertiary/aromatic N) is 2. The maximum Gasteiger partial charge on any atom is 0.269 e. The number of hydrogen-bond donors (Lipinski definition) is 2. The van der Waals surface area contributed by atoms with Gasteiger partial charge >= 0.3 is 0 Å². The van der Waals surface area contributed by atoms with Gasteiger partial charge < -0.3 is 10.6 Å². The van der Waals surface area contributed by atoms with E-state index in [-0.39, 0.29) is 17.5 Å². The number of carbonyl (C=O) groups is 2. The first-order valence-electron chi connectivity index (χ1n) is 8.87. The van der Waals surface area contributed by atoms with Gasteiger partial charge in [0.15, 0.2) is 0 Å². The number of aromatic amines is 1. The van der Waals surface area contributed by atoms with Crippen molar-refractivity contribution in [2.75, 3.05) is 13.1 Å². The minimum atomic E-state index is -0.531. The second-order valence-corrected chi connectivity index (χ2v) is 7.89. The SMILES string of the molecule is NC(=O)c1cc([C@@H]2CCCN(C(=O)c3csc4c3CCCC4)C2)[nH]n1. The predicted octanol–water partition coefficient (Wildman–Crippen LogP) is 2.47. The molecule has 2 amide bonds. The lowest BCUT2D eigenvalue weighted by Crippen LogP contribution is -2.39. The van der Waals surface area contributed by atoms with E-state index in [2.05, 4.69) is 10.2 Å². The summed E-state index contributed by atoms with van der Waals surface area (Å²) in [5, 5.41) is 8.93. The Bertz CT molecular complexity index is 810. The lowest BCUT2D eigenvalue weighted by molar-refractivity contribution is 0.0705. The molecule has 1 aliphatic heterocycles. The van der Waals surface area contributed by atoms with Crippen LogP contribution in [0.25, 0.3) is 0 Å². The zero-order valence-electron chi connectivity index (χ0n) is 14.1. The summed E-state index contributed by atoms with van der Waals surface area (Å²) in [4.78, 5) is 27.6. The summed E-state index contributed by atoms with van der Waals surface area (Å²) >= 11 is 1.73. The highest BCUT2D eigenvalue weighted by Crippen LogP contribution is 2.33. The van der Waals surface area contributed by atoms with Crippen molar-refractivity contribution in [2.45, 2.75) is 44.4 Å². The molecule has 0 spiro atoms. The lowest BCUT2D eigenvalue weighted by Gasteiger charge is -2.32. The summed E-state index contributed by atoms with van der Waals surface area (Å²) in [6.07, 6.45) is 6.48. The van der Waals surface area contributed by atoms with Crippen molar-refractivity contribution in [3.8, 4) is 0 Å². The van der Waals surface area contributed by atoms with Crippen LogP contribution in [0.1, 0.15) is 68.6 Å². The molecule has 0 unspecified atom stereocenters. The van der Waals surface area contributed by atoms with E-state index in [4.69, 9.17) is 5.73 Å². The normalized spacial score (nSPS) is 20.3. The second-order valence-electron chi connectivity index (χ2n) is 6.92. The minimum absolute atomic E-state index is 0.152. The van der Waals surface area contributed by atoms with Crippen molar-refractivity contribution in [3.05, 3.63) is 38.8 Å². The fraction of sp³-hybridized carbons (Fsp3) is 0.500. The van der Waals surface area contributed by atoms with E-state index >= 15 is 0 Å². The third-order valence-corrected chi connectivity index (χ3v) is 6.38. The average molecular weight is 358 g/mol. The van der Waals surface area contributed by atoms with Crippen LogP contribution in [0, 0.1) is 0 Å². The van der Waals surface area contributed by atoms with Crippen LogP contribution in [0.5, 0.6) is 0 Å². The summed E-state index contributed by atoms with van der Waals surface area (Å²) in [6.45, 7) is 1.45. The number of primary amides is 1. The first kappa shape index (κ1) is 16.3. The predicted molar refractivity (Wildman–Crippen MR) is 95.9 cm³/mol. The number of aryl methyl sites for hydroxylation is 1. The molecule has 1 saturated heterocycles. The van der Waals surface area contributed by atoms with Crippen LogP contribution < -0.4 is 5.73 Å². The smallest absolute Gasteiger partial charge is 0.269 e. The number of aromatic nitrogens is 2. The van der Waals surface area contributed by atoms with Gasteiger partial charge in [-0.2, -0.15) is 5.10 Å². The van der Waals surface area contributed by atoms with Crippen molar-refractivity contribution in [3.63, 3.8) is 0 Å². The third kappa shape index (κ3) is 3.08. The van der Waals surface area contributed by atoms with Crippen LogP contribution in [0.3, 0.4) is 0 Å². The number of thiophene rings is 1. The highest BCUT2D eigenvalue weighted by Gasteiger charge is 2.29. The van der Waals surface area contributed by atoms with E-state index in [1.54, 1.807) is 17.4 Å². The minimum Gasteiger partial charge on any atom is -0.364 e. The number of nitrogens with two attached hydrogens (primary N) is 1. The fourth-order valence-corrected chi connectivity index (χ4v) is 5.05. The van der Waals surface area contributed by atoms with Crippen LogP contribution in [-0.4, -0.2) is 40.0 Å². The van der Waals surface area contributed by atoms with E-state index < -0.39 is 5.91 Å². The molecule has 2 aliphatic rings. The molecule has 0 radical (unpaired) electrons. The number of amides is 2. The molecule has 0 saturated carbocycles. The standard InChI is InChI=1S/C18H22N4O2S/c19-17(23)15-8-14(20-21-15)11-4-3-7-22(9-11)18(24)13-10-25-16-6-2-1-5-12(13)16/h8,10-11H,1-7,9H2,(H2,19,23)(H,20,21)/t11-/m1/s1. The monoisotopic (exact) mass is 358 g/mol. The van der Waals surface area contributed by atoms with E-state index in [9.17, 15) is 9.59 Å². The van der Waals surface area contributed by atoms with E-state index in [1.165, 1.54) is 23.3 Å². The zero-order valence-corrected chi connectivity index (χ0v) is 14.9. The quantitative estimate of drug-likeness (QED) is 0.883. The molecule has 4 rings (SSSR count). The molecule has 132 valence electrons. The van der Waals surface area contributed by atoms with Crippen molar-refractivity contribution in [2.24, 2.45) is 5.73 Å². The van der Waals surface area contributed by atoms with Crippen LogP contribution in [0.4, 0.5) is 0 Å². The fourth-order valence-electron chi connectivity index (χ4n) is 3.93. The molecule has 7 heteroatoms. The highest BCUT2D eigenvalue weighted by molar-refractivity contribution is 7.10. The number of nitrogens with one attached hydrogen (secondary N) is 1. The third-order valence-electron chi connectivity index (χ3n) is 5.29. The van der Waals surface area contributed by atoms with Gasteiger partial charge in [0.05, 0.1) is 5.56 Å². The number of carbonyl (C=O) groups excluding carboxylic acids is 2. The summed E-state index contributed by atoms with van der Waals surface area (Å²) < 4.78 is 0. The van der Waals surface area contributed by atoms with Crippen LogP contribution >= 0.6 is 11.3 Å². The number of piperidine rings is 1. The van der Waals surface area contributed by atoms with E-state index in [1.807, 2.05) is 10.3 Å². The number of H-pyrrole nitrogens is 1. The molecule has 3 N–H and O–H groups in total. The lowest BCUT2D eigenvalue weighted by atomic mass is 9.92. The van der Waals surface area contributed by atoms with Gasteiger partial charge in [-0.3, -0.25) is 14.7 Å². The summed E-state index contributed by atoms with van der Waals surface area (Å²) in [5.41, 5.74) is 8.60. The number of hydrogen-bond acceptors (Lipinski definition) is 4. The molecular weight excluding hydrogens is 336 g/mol. The number of rotatable bonds is 3. The van der Waals surface area contributed by atoms with Gasteiger partial charge in [-0.1, -0.05) is 0 Å². The molecule has 2 aromatic rings. The molecule has 6 nitrogen and oxygen atoms in total. The van der Waals surface area contributed by atoms with Gasteiger partial charge in [0.25, 0.3) is 11.8 Å². The van der Waals surface area contributed by atoms with Crippen molar-refractivity contribution >= 4 is 23.2 Å². The Balaban J connectivity index is 1.51. The Kier molecular flexibility index (Phi) is 4.33. The van der Waals surface area contributed by atoms with E-state index in [0.717, 1.165) is 43.5 Å². The Labute approximate surface area is 150 Å². The van der Waals surface area contributed by atoms with Crippen molar-refractivity contribution in [1.82, 2.24) is 15.1 Å². The van der Waals surface area contributed by atoms with Gasteiger partial charge in [0.2, 0.25) is 0 Å². The van der Waals surface area contributed by atoms with Crippen LogP contribution in [0.15, 0.2) is 11.4 Å². The molecule has 2 aromatic heterocycles. The number of fused-ring (bicyclic) bond motifs is 1. The Hall–Kier alpha value is -2.15. The zero-order chi connectivity index (χ0) is 17.4. The molecule has 1 aliphatic carbocycles. The summed E-state index contributed by atoms with van der Waals surface area (Å²) in [6, 6.07) is 1.72. The summed E-state index contributed by atoms with van der Waals surface area (Å²) in [5.74, 6) is -0.206. The molecule has 1 atom stereocenters. The molecule has 0 bridgehead atoms. The molecule has 0 aromatic carbocycles. The maximum absolute atomic E-state index is 13.1. The average Bonchev–Trinajstić information content (AvgIpc) is 3.28. The maximum atomic E-state index is 13.1. The molecular formula is C18H22N4O2S. The Morgan fingerprint density at radius 3 is 2.92 bits per heavy atom. The van der Waals surface area contributed by atoms with Crippen molar-refractivity contribution < 1.29 is 9.59 Å². The van der Waals surface area contributed by atoms with Gasteiger partial charge in [0, 0.05) is 35.0 Å². The second kappa shape index (κ2) is 6.63. The first-order chi connectivity index (χ1) is 12.1. The van der Waals surface area contributed by atoms with Gasteiger partial charge in [0.1, 0.15) is 5.69 Å². The molecule has 3 heterocycles. The molecule has 25 heavy (non-hydrogen) atoms. The van der Waals surface area contributed by atoms with Gasteiger partial charge in [-0.05, 0) is 50.2 Å². The summed E-state index contributed by atoms with van der Waals surface area (Å²) in [7, 11) is 0. The van der Waals surface area contributed by atoms with Crippen molar-refractivity contribution in [1.29, 1.82) is 0 Å². The van der Waals surface area contributed by atoms with Gasteiger partial charge in [-0.15, -0.1) is 11.3 Å². The van der Waals surface area contributed by atoms with Crippen LogP contribution in [-0.2, 0) is 12.8 Å². The Morgan fingerprint density at radius 2 is 2.12 bits per heavy atom. The highest BCUT2D eigenvalue weighted by atomic mass is 32.1. The largest absolute Gasteiger partial charge is 0.364 e. The topological polar surface area (TPSA) is 92.1 Å². The molecule has 1 fully saturated rings.